The molecular weight excluding hydrogens is 326 g/mol. The third-order valence-corrected chi connectivity index (χ3v) is 4.31. The molecule has 0 amide bonds. The van der Waals surface area contributed by atoms with E-state index in [9.17, 15) is 0 Å². The molecule has 0 fully saturated rings. The third-order valence-electron chi connectivity index (χ3n) is 4.31. The molecule has 0 saturated heterocycles. The highest BCUT2D eigenvalue weighted by molar-refractivity contribution is 5.79. The normalized spacial score (nSPS) is 13.4. The van der Waals surface area contributed by atoms with Crippen LogP contribution in [0.2, 0.25) is 0 Å². The molecule has 1 atom stereocenters. The Kier molecular flexibility index (Phi) is 6.66. The average molecular weight is 358 g/mol. The first kappa shape index (κ1) is 19.8. The van der Waals surface area contributed by atoms with Gasteiger partial charge in [-0.05, 0) is 19.1 Å². The summed E-state index contributed by atoms with van der Waals surface area (Å²) in [5.41, 5.74) is 1.15. The highest BCUT2D eigenvalue weighted by Crippen LogP contribution is 2.22. The van der Waals surface area contributed by atoms with E-state index in [1.807, 2.05) is 6.07 Å². The lowest BCUT2D eigenvalue weighted by atomic mass is 9.94. The fourth-order valence-electron chi connectivity index (χ4n) is 2.42. The molecule has 2 rings (SSSR count). The van der Waals surface area contributed by atoms with E-state index in [1.165, 1.54) is 5.69 Å². The molecule has 6 nitrogen and oxygen atoms in total. The zero-order valence-electron chi connectivity index (χ0n) is 16.7. The third kappa shape index (κ3) is 5.51. The maximum absolute atomic E-state index is 5.80. The van der Waals surface area contributed by atoms with E-state index in [4.69, 9.17) is 4.42 Å². The molecule has 1 heterocycles. The summed E-state index contributed by atoms with van der Waals surface area (Å²) in [5.74, 6) is 2.27. The van der Waals surface area contributed by atoms with E-state index >= 15 is 0 Å². The van der Waals surface area contributed by atoms with Crippen molar-refractivity contribution in [3.05, 3.63) is 48.2 Å². The van der Waals surface area contributed by atoms with Gasteiger partial charge in [0.1, 0.15) is 5.76 Å². The monoisotopic (exact) mass is 357 g/mol. The summed E-state index contributed by atoms with van der Waals surface area (Å²) in [6, 6.07) is 10.7. The van der Waals surface area contributed by atoms with Crippen LogP contribution >= 0.6 is 0 Å². The van der Waals surface area contributed by atoms with Crippen LogP contribution in [0.1, 0.15) is 39.3 Å². The van der Waals surface area contributed by atoms with E-state index in [2.05, 4.69) is 84.5 Å². The fourth-order valence-corrected chi connectivity index (χ4v) is 2.42. The SMILES string of the molecule is CN=C(NCc1ncc(C(C)(C)C)o1)NCC(C)N(C)c1ccccc1. The molecule has 142 valence electrons. The lowest BCUT2D eigenvalue weighted by Crippen LogP contribution is -2.44. The number of para-hydroxylation sites is 1. The van der Waals surface area contributed by atoms with Crippen molar-refractivity contribution in [1.29, 1.82) is 0 Å². The zero-order chi connectivity index (χ0) is 19.2. The van der Waals surface area contributed by atoms with Crippen LogP contribution in [0.3, 0.4) is 0 Å². The van der Waals surface area contributed by atoms with Gasteiger partial charge < -0.3 is 20.0 Å². The van der Waals surface area contributed by atoms with Crippen LogP contribution in [0.25, 0.3) is 0 Å². The molecular formula is C20H31N5O. The second-order valence-corrected chi connectivity index (χ2v) is 7.47. The van der Waals surface area contributed by atoms with Crippen LogP contribution in [0.4, 0.5) is 5.69 Å². The summed E-state index contributed by atoms with van der Waals surface area (Å²) in [4.78, 5) is 10.8. The molecule has 0 aliphatic heterocycles. The van der Waals surface area contributed by atoms with Crippen molar-refractivity contribution in [3.8, 4) is 0 Å². The van der Waals surface area contributed by atoms with Gasteiger partial charge in [-0.1, -0.05) is 39.0 Å². The fraction of sp³-hybridized carbons (Fsp3) is 0.500. The van der Waals surface area contributed by atoms with Gasteiger partial charge in [0.15, 0.2) is 5.96 Å². The summed E-state index contributed by atoms with van der Waals surface area (Å²) in [6.45, 7) is 9.76. The summed E-state index contributed by atoms with van der Waals surface area (Å²) in [6.07, 6.45) is 1.80. The number of guanidine groups is 1. The molecule has 1 aromatic carbocycles. The highest BCUT2D eigenvalue weighted by Gasteiger charge is 2.19. The number of nitrogens with zero attached hydrogens (tertiary/aromatic N) is 3. The number of aromatic nitrogens is 1. The van der Waals surface area contributed by atoms with Crippen molar-refractivity contribution in [3.63, 3.8) is 0 Å². The number of hydrogen-bond donors (Lipinski definition) is 2. The molecule has 6 heteroatoms. The van der Waals surface area contributed by atoms with Gasteiger partial charge in [0, 0.05) is 37.8 Å². The van der Waals surface area contributed by atoms with Gasteiger partial charge in [-0.25, -0.2) is 4.98 Å². The van der Waals surface area contributed by atoms with Gasteiger partial charge >= 0.3 is 0 Å². The first-order chi connectivity index (χ1) is 12.3. The van der Waals surface area contributed by atoms with Crippen LogP contribution in [0, 0.1) is 0 Å². The lowest BCUT2D eigenvalue weighted by molar-refractivity contribution is 0.379. The van der Waals surface area contributed by atoms with Gasteiger partial charge in [0.2, 0.25) is 5.89 Å². The number of nitrogens with one attached hydrogen (secondary N) is 2. The summed E-state index contributed by atoms with van der Waals surface area (Å²) < 4.78 is 5.80. The topological polar surface area (TPSA) is 65.7 Å². The predicted molar refractivity (Wildman–Crippen MR) is 108 cm³/mol. The number of hydrogen-bond acceptors (Lipinski definition) is 4. The van der Waals surface area contributed by atoms with Gasteiger partial charge in [-0.15, -0.1) is 0 Å². The Morgan fingerprint density at radius 2 is 1.92 bits per heavy atom. The number of anilines is 1. The highest BCUT2D eigenvalue weighted by atomic mass is 16.4. The average Bonchev–Trinajstić information content (AvgIpc) is 3.11. The first-order valence-electron chi connectivity index (χ1n) is 8.99. The Morgan fingerprint density at radius 3 is 2.50 bits per heavy atom. The maximum atomic E-state index is 5.80. The molecule has 26 heavy (non-hydrogen) atoms. The molecule has 0 radical (unpaired) electrons. The minimum Gasteiger partial charge on any atom is -0.443 e. The second kappa shape index (κ2) is 8.74. The number of oxazole rings is 1. The van der Waals surface area contributed by atoms with Crippen LogP contribution in [-0.4, -0.2) is 37.6 Å². The van der Waals surface area contributed by atoms with E-state index in [-0.39, 0.29) is 5.41 Å². The zero-order valence-corrected chi connectivity index (χ0v) is 16.7. The summed E-state index contributed by atoms with van der Waals surface area (Å²) in [7, 11) is 3.86. The van der Waals surface area contributed by atoms with Crippen molar-refractivity contribution in [2.75, 3.05) is 25.5 Å². The number of aliphatic imine (C=N–C) groups is 1. The Morgan fingerprint density at radius 1 is 1.23 bits per heavy atom. The van der Waals surface area contributed by atoms with E-state index in [0.29, 0.717) is 18.5 Å². The van der Waals surface area contributed by atoms with E-state index in [0.717, 1.165) is 18.3 Å². The van der Waals surface area contributed by atoms with Crippen molar-refractivity contribution >= 4 is 11.6 Å². The Bertz CT molecular complexity index is 702. The Labute approximate surface area is 156 Å². The standard InChI is InChI=1S/C20H31N5O/c1-15(25(6)16-10-8-7-9-11-16)12-23-19(21-5)24-14-18-22-13-17(26-18)20(2,3)4/h7-11,13,15H,12,14H2,1-6H3,(H2,21,23,24). The maximum Gasteiger partial charge on any atom is 0.213 e. The molecule has 0 aliphatic rings. The molecule has 0 aliphatic carbocycles. The van der Waals surface area contributed by atoms with Crippen LogP contribution < -0.4 is 15.5 Å². The quantitative estimate of drug-likeness (QED) is 0.614. The molecule has 0 spiro atoms. The number of benzene rings is 1. The summed E-state index contributed by atoms with van der Waals surface area (Å²) >= 11 is 0. The van der Waals surface area contributed by atoms with Gasteiger partial charge in [0.05, 0.1) is 12.7 Å². The number of rotatable bonds is 6. The minimum absolute atomic E-state index is 0.0391. The molecule has 1 aromatic heterocycles. The van der Waals surface area contributed by atoms with Crippen molar-refractivity contribution in [2.24, 2.45) is 4.99 Å². The largest absolute Gasteiger partial charge is 0.443 e. The predicted octanol–water partition coefficient (Wildman–Crippen LogP) is 3.16. The molecule has 2 N–H and O–H groups in total. The van der Waals surface area contributed by atoms with Crippen molar-refractivity contribution in [2.45, 2.75) is 45.7 Å². The second-order valence-electron chi connectivity index (χ2n) is 7.47. The summed E-state index contributed by atoms with van der Waals surface area (Å²) in [5, 5.41) is 6.60. The van der Waals surface area contributed by atoms with Crippen LogP contribution in [0.15, 0.2) is 45.9 Å². The molecule has 0 bridgehead atoms. The Balaban J connectivity index is 1.83. The molecule has 1 unspecified atom stereocenters. The van der Waals surface area contributed by atoms with Gasteiger partial charge in [-0.3, -0.25) is 4.99 Å². The van der Waals surface area contributed by atoms with E-state index < -0.39 is 0 Å². The van der Waals surface area contributed by atoms with Crippen LogP contribution in [0.5, 0.6) is 0 Å². The molecule has 0 saturated carbocycles. The van der Waals surface area contributed by atoms with Crippen LogP contribution in [-0.2, 0) is 12.0 Å². The lowest BCUT2D eigenvalue weighted by Gasteiger charge is -2.27. The first-order valence-corrected chi connectivity index (χ1v) is 8.99. The minimum atomic E-state index is -0.0391. The van der Waals surface area contributed by atoms with E-state index in [1.54, 1.807) is 13.2 Å². The van der Waals surface area contributed by atoms with Gasteiger partial charge in [0.25, 0.3) is 0 Å². The molecule has 2 aromatic rings. The number of likely N-dealkylation sites (N-methyl/N-ethyl adjacent to an activating group) is 1. The van der Waals surface area contributed by atoms with Crippen molar-refractivity contribution in [1.82, 2.24) is 15.6 Å². The Hall–Kier alpha value is -2.50. The smallest absolute Gasteiger partial charge is 0.213 e. The van der Waals surface area contributed by atoms with Gasteiger partial charge in [-0.2, -0.15) is 0 Å². The van der Waals surface area contributed by atoms with Crippen molar-refractivity contribution < 1.29 is 4.42 Å².